The summed E-state index contributed by atoms with van der Waals surface area (Å²) in [6.07, 6.45) is 0.217. The predicted molar refractivity (Wildman–Crippen MR) is 186 cm³/mol. The van der Waals surface area contributed by atoms with Crippen LogP contribution in [0.1, 0.15) is 36.1 Å². The van der Waals surface area contributed by atoms with E-state index >= 15 is 0 Å². The second-order valence-corrected chi connectivity index (χ2v) is 14.4. The molecule has 0 fully saturated rings. The number of benzene rings is 4. The van der Waals surface area contributed by atoms with Gasteiger partial charge < -0.3 is 10.2 Å². The molecule has 0 radical (unpaired) electrons. The number of carbonyl (C=O) groups is 2. The normalized spacial score (nSPS) is 12.1. The van der Waals surface area contributed by atoms with Crippen LogP contribution in [-0.4, -0.2) is 44.3 Å². The van der Waals surface area contributed by atoms with E-state index in [1.54, 1.807) is 36.4 Å². The van der Waals surface area contributed by atoms with Crippen molar-refractivity contribution in [1.82, 2.24) is 10.2 Å². The summed E-state index contributed by atoms with van der Waals surface area (Å²) in [6.45, 7) is 7.64. The zero-order valence-corrected chi connectivity index (χ0v) is 28.7. The van der Waals surface area contributed by atoms with Crippen LogP contribution in [0.15, 0.2) is 102 Å². The van der Waals surface area contributed by atoms with Crippen molar-refractivity contribution in [3.63, 3.8) is 0 Å². The summed E-state index contributed by atoms with van der Waals surface area (Å²) in [7, 11) is -4.24. The Kier molecular flexibility index (Phi) is 11.9. The summed E-state index contributed by atoms with van der Waals surface area (Å²) in [5.41, 5.74) is 3.65. The molecular formula is C36H39Cl2N3O4S. The van der Waals surface area contributed by atoms with Crippen molar-refractivity contribution >= 4 is 50.7 Å². The molecule has 0 aliphatic rings. The van der Waals surface area contributed by atoms with Gasteiger partial charge in [0.2, 0.25) is 11.8 Å². The molecule has 1 atom stereocenters. The lowest BCUT2D eigenvalue weighted by Gasteiger charge is -2.34. The number of anilines is 1. The fraction of sp³-hybridized carbons (Fsp3) is 0.278. The Bertz CT molecular complexity index is 1760. The van der Waals surface area contributed by atoms with Crippen LogP contribution < -0.4 is 9.62 Å². The van der Waals surface area contributed by atoms with Gasteiger partial charge in [0.05, 0.1) is 10.6 Å². The molecule has 4 rings (SSSR count). The van der Waals surface area contributed by atoms with Gasteiger partial charge in [-0.25, -0.2) is 8.42 Å². The second-order valence-electron chi connectivity index (χ2n) is 11.7. The van der Waals surface area contributed by atoms with Gasteiger partial charge in [0, 0.05) is 29.6 Å². The zero-order valence-electron chi connectivity index (χ0n) is 26.4. The lowest BCUT2D eigenvalue weighted by atomic mass is 10.0. The third-order valence-electron chi connectivity index (χ3n) is 7.71. The number of nitrogens with one attached hydrogen (secondary N) is 1. The Morgan fingerprint density at radius 1 is 0.826 bits per heavy atom. The summed E-state index contributed by atoms with van der Waals surface area (Å²) in [6, 6.07) is 26.6. The van der Waals surface area contributed by atoms with Gasteiger partial charge in [0.15, 0.2) is 0 Å². The summed E-state index contributed by atoms with van der Waals surface area (Å²) >= 11 is 12.6. The molecule has 0 aromatic heterocycles. The largest absolute Gasteiger partial charge is 0.354 e. The van der Waals surface area contributed by atoms with Gasteiger partial charge in [-0.15, -0.1) is 0 Å². The molecule has 0 aliphatic carbocycles. The van der Waals surface area contributed by atoms with E-state index in [0.29, 0.717) is 27.8 Å². The molecule has 0 bridgehead atoms. The topological polar surface area (TPSA) is 86.8 Å². The molecule has 7 nitrogen and oxygen atoms in total. The van der Waals surface area contributed by atoms with E-state index < -0.39 is 28.5 Å². The highest BCUT2D eigenvalue weighted by Gasteiger charge is 2.35. The van der Waals surface area contributed by atoms with Crippen LogP contribution in [0.25, 0.3) is 0 Å². The molecule has 1 N–H and O–H groups in total. The van der Waals surface area contributed by atoms with E-state index in [4.69, 9.17) is 23.2 Å². The molecule has 0 unspecified atom stereocenters. The monoisotopic (exact) mass is 679 g/mol. The van der Waals surface area contributed by atoms with Crippen molar-refractivity contribution in [1.29, 1.82) is 0 Å². The molecule has 0 aliphatic heterocycles. The number of hydrogen-bond donors (Lipinski definition) is 1. The summed E-state index contributed by atoms with van der Waals surface area (Å²) in [5.74, 6) is -0.716. The highest BCUT2D eigenvalue weighted by Crippen LogP contribution is 2.28. The van der Waals surface area contributed by atoms with Gasteiger partial charge in [-0.1, -0.05) is 91.6 Å². The van der Waals surface area contributed by atoms with E-state index in [1.807, 2.05) is 64.1 Å². The fourth-order valence-corrected chi connectivity index (χ4v) is 6.66. The first kappa shape index (κ1) is 35.0. The number of rotatable bonds is 13. The van der Waals surface area contributed by atoms with Crippen molar-refractivity contribution in [2.75, 3.05) is 17.4 Å². The maximum Gasteiger partial charge on any atom is 0.264 e. The number of sulfonamides is 1. The number of halogens is 2. The first-order chi connectivity index (χ1) is 21.9. The second kappa shape index (κ2) is 15.6. The SMILES string of the molecule is Cc1ccc(N(CC(=O)N(Cc2ccccc2Cl)[C@H](Cc2ccccc2)C(=O)NCC(C)C)S(=O)(=O)c2ccc(Cl)cc2)cc1C. The van der Waals surface area contributed by atoms with E-state index in [2.05, 4.69) is 5.32 Å². The van der Waals surface area contributed by atoms with Crippen LogP contribution in [0.4, 0.5) is 5.69 Å². The predicted octanol–water partition coefficient (Wildman–Crippen LogP) is 7.22. The maximum absolute atomic E-state index is 14.6. The number of aryl methyl sites for hydroxylation is 2. The smallest absolute Gasteiger partial charge is 0.264 e. The van der Waals surface area contributed by atoms with Gasteiger partial charge >= 0.3 is 0 Å². The fourth-order valence-electron chi connectivity index (χ4n) is 4.93. The van der Waals surface area contributed by atoms with Crippen molar-refractivity contribution in [2.45, 2.75) is 51.6 Å². The number of nitrogens with zero attached hydrogens (tertiary/aromatic N) is 2. The van der Waals surface area contributed by atoms with Crippen molar-refractivity contribution in [3.05, 3.63) is 129 Å². The lowest BCUT2D eigenvalue weighted by Crippen LogP contribution is -2.53. The number of hydrogen-bond acceptors (Lipinski definition) is 4. The summed E-state index contributed by atoms with van der Waals surface area (Å²) < 4.78 is 29.5. The third-order valence-corrected chi connectivity index (χ3v) is 10.1. The summed E-state index contributed by atoms with van der Waals surface area (Å²) in [5, 5.41) is 3.80. The van der Waals surface area contributed by atoms with E-state index in [-0.39, 0.29) is 29.7 Å². The molecule has 242 valence electrons. The standard InChI is InChI=1S/C36H39Cl2N3O4S/c1-25(2)22-39-36(43)34(21-28-10-6-5-7-11-28)40(23-29-12-8-9-13-33(29)38)35(42)24-41(31-17-14-26(3)27(4)20-31)46(44,45)32-18-15-30(37)16-19-32/h5-20,25,34H,21-24H2,1-4H3,(H,39,43)/t34-/m1/s1. The van der Waals surface area contributed by atoms with E-state index in [1.165, 1.54) is 29.2 Å². The van der Waals surface area contributed by atoms with Gasteiger partial charge in [-0.3, -0.25) is 13.9 Å². The Morgan fingerprint density at radius 3 is 2.11 bits per heavy atom. The van der Waals surface area contributed by atoms with Crippen LogP contribution in [0.3, 0.4) is 0 Å². The molecule has 0 spiro atoms. The van der Waals surface area contributed by atoms with Crippen molar-refractivity contribution in [2.24, 2.45) is 5.92 Å². The molecule has 10 heteroatoms. The third kappa shape index (κ3) is 8.90. The Hall–Kier alpha value is -3.85. The molecule has 0 saturated carbocycles. The average molecular weight is 681 g/mol. The molecule has 0 heterocycles. The summed E-state index contributed by atoms with van der Waals surface area (Å²) in [4.78, 5) is 29.9. The molecule has 2 amide bonds. The molecular weight excluding hydrogens is 641 g/mol. The Labute approximate surface area is 282 Å². The van der Waals surface area contributed by atoms with E-state index in [9.17, 15) is 18.0 Å². The molecule has 46 heavy (non-hydrogen) atoms. The maximum atomic E-state index is 14.6. The van der Waals surface area contributed by atoms with Crippen LogP contribution in [0.5, 0.6) is 0 Å². The average Bonchev–Trinajstić information content (AvgIpc) is 3.03. The molecule has 0 saturated heterocycles. The zero-order chi connectivity index (χ0) is 33.4. The molecule has 4 aromatic carbocycles. The number of carbonyl (C=O) groups excluding carboxylic acids is 2. The Balaban J connectivity index is 1.82. The lowest BCUT2D eigenvalue weighted by molar-refractivity contribution is -0.140. The number of amides is 2. The van der Waals surface area contributed by atoms with Gasteiger partial charge in [0.1, 0.15) is 12.6 Å². The van der Waals surface area contributed by atoms with Gasteiger partial charge in [0.25, 0.3) is 10.0 Å². The van der Waals surface area contributed by atoms with Crippen LogP contribution in [-0.2, 0) is 32.6 Å². The molecule has 4 aromatic rings. The van der Waals surface area contributed by atoms with Crippen molar-refractivity contribution < 1.29 is 18.0 Å². The van der Waals surface area contributed by atoms with Gasteiger partial charge in [-0.05, 0) is 84.5 Å². The van der Waals surface area contributed by atoms with E-state index in [0.717, 1.165) is 21.0 Å². The first-order valence-electron chi connectivity index (χ1n) is 15.1. The Morgan fingerprint density at radius 2 is 1.48 bits per heavy atom. The highest BCUT2D eigenvalue weighted by atomic mass is 35.5. The van der Waals surface area contributed by atoms with Gasteiger partial charge in [-0.2, -0.15) is 0 Å². The quantitative estimate of drug-likeness (QED) is 0.162. The van der Waals surface area contributed by atoms with Crippen LogP contribution in [0.2, 0.25) is 10.0 Å². The minimum atomic E-state index is -4.24. The van der Waals surface area contributed by atoms with Crippen molar-refractivity contribution in [3.8, 4) is 0 Å². The highest BCUT2D eigenvalue weighted by molar-refractivity contribution is 7.92. The van der Waals surface area contributed by atoms with Crippen LogP contribution in [0, 0.1) is 19.8 Å². The minimum absolute atomic E-state index is 0.00708. The minimum Gasteiger partial charge on any atom is -0.354 e. The van der Waals surface area contributed by atoms with Crippen LogP contribution >= 0.6 is 23.2 Å². The first-order valence-corrected chi connectivity index (χ1v) is 17.3.